The molecule has 1 unspecified atom stereocenters. The van der Waals surface area contributed by atoms with Crippen molar-refractivity contribution < 1.29 is 19.4 Å². The maximum atomic E-state index is 11.4. The molecule has 1 heterocycles. The molecule has 0 saturated heterocycles. The van der Waals surface area contributed by atoms with Crippen LogP contribution in [-0.2, 0) is 16.0 Å². The highest BCUT2D eigenvalue weighted by molar-refractivity contribution is 5.80. The average Bonchev–Trinajstić information content (AvgIpc) is 2.39. The Balaban J connectivity index is 2.49. The third kappa shape index (κ3) is 5.85. The maximum Gasteiger partial charge on any atom is 0.407 e. The monoisotopic (exact) mass is 266 g/mol. The van der Waals surface area contributed by atoms with Crippen LogP contribution in [0.3, 0.4) is 0 Å². The maximum absolute atomic E-state index is 11.4. The van der Waals surface area contributed by atoms with Crippen LogP contribution in [0, 0.1) is 0 Å². The first-order valence-electron chi connectivity index (χ1n) is 6.19. The molecule has 0 fully saturated rings. The van der Waals surface area contributed by atoms with Gasteiger partial charge >= 0.3 is 12.1 Å². The summed E-state index contributed by atoms with van der Waals surface area (Å²) in [6.45, 7) is 2.26. The fourth-order valence-corrected chi connectivity index (χ4v) is 1.42. The van der Waals surface area contributed by atoms with Crippen LogP contribution in [0.4, 0.5) is 4.79 Å². The SMILES string of the molecule is CCCCOC(=O)NC(Cc1ccccn1)C(=O)O. The molecule has 1 amide bonds. The second kappa shape index (κ2) is 8.07. The van der Waals surface area contributed by atoms with Crippen molar-refractivity contribution in [2.45, 2.75) is 32.2 Å². The summed E-state index contributed by atoms with van der Waals surface area (Å²) in [6.07, 6.45) is 2.65. The second-order valence-corrected chi connectivity index (χ2v) is 4.05. The van der Waals surface area contributed by atoms with Gasteiger partial charge in [0.1, 0.15) is 6.04 Å². The van der Waals surface area contributed by atoms with Crippen LogP contribution in [0.5, 0.6) is 0 Å². The van der Waals surface area contributed by atoms with Crippen LogP contribution in [0.15, 0.2) is 24.4 Å². The molecular formula is C13H18N2O4. The van der Waals surface area contributed by atoms with E-state index in [-0.39, 0.29) is 13.0 Å². The Labute approximate surface area is 111 Å². The van der Waals surface area contributed by atoms with Gasteiger partial charge in [0.15, 0.2) is 0 Å². The van der Waals surface area contributed by atoms with E-state index >= 15 is 0 Å². The van der Waals surface area contributed by atoms with Gasteiger partial charge in [-0.3, -0.25) is 4.98 Å². The zero-order valence-electron chi connectivity index (χ0n) is 10.8. The molecule has 6 heteroatoms. The lowest BCUT2D eigenvalue weighted by Crippen LogP contribution is -2.42. The lowest BCUT2D eigenvalue weighted by atomic mass is 10.1. The van der Waals surface area contributed by atoms with Gasteiger partial charge in [0.25, 0.3) is 0 Å². The van der Waals surface area contributed by atoms with Gasteiger partial charge < -0.3 is 15.2 Å². The summed E-state index contributed by atoms with van der Waals surface area (Å²) in [5.74, 6) is -1.11. The van der Waals surface area contributed by atoms with Crippen molar-refractivity contribution in [2.24, 2.45) is 0 Å². The minimum atomic E-state index is -1.11. The van der Waals surface area contributed by atoms with Gasteiger partial charge in [-0.2, -0.15) is 0 Å². The normalized spacial score (nSPS) is 11.6. The smallest absolute Gasteiger partial charge is 0.407 e. The van der Waals surface area contributed by atoms with Crippen LogP contribution in [-0.4, -0.2) is 34.8 Å². The van der Waals surface area contributed by atoms with E-state index in [9.17, 15) is 9.59 Å². The number of nitrogens with one attached hydrogen (secondary N) is 1. The highest BCUT2D eigenvalue weighted by Crippen LogP contribution is 2.00. The first-order valence-corrected chi connectivity index (χ1v) is 6.19. The summed E-state index contributed by atoms with van der Waals surface area (Å²) in [5.41, 5.74) is 0.601. The molecule has 0 aliphatic heterocycles. The van der Waals surface area contributed by atoms with Gasteiger partial charge in [-0.15, -0.1) is 0 Å². The lowest BCUT2D eigenvalue weighted by molar-refractivity contribution is -0.139. The Kier molecular flexibility index (Phi) is 6.35. The third-order valence-corrected chi connectivity index (χ3v) is 2.46. The molecule has 2 N–H and O–H groups in total. The molecule has 19 heavy (non-hydrogen) atoms. The molecule has 104 valence electrons. The van der Waals surface area contributed by atoms with Crippen LogP contribution in [0.2, 0.25) is 0 Å². The molecule has 6 nitrogen and oxygen atoms in total. The van der Waals surface area contributed by atoms with E-state index in [2.05, 4.69) is 10.3 Å². The largest absolute Gasteiger partial charge is 0.480 e. The minimum absolute atomic E-state index is 0.124. The Morgan fingerprint density at radius 1 is 1.47 bits per heavy atom. The Bertz CT molecular complexity index is 408. The van der Waals surface area contributed by atoms with Gasteiger partial charge in [0.2, 0.25) is 0 Å². The van der Waals surface area contributed by atoms with E-state index < -0.39 is 18.1 Å². The number of aliphatic carboxylic acids is 1. The summed E-state index contributed by atoms with van der Waals surface area (Å²) < 4.78 is 4.87. The summed E-state index contributed by atoms with van der Waals surface area (Å²) in [6, 6.07) is 4.18. The third-order valence-electron chi connectivity index (χ3n) is 2.46. The number of amides is 1. The minimum Gasteiger partial charge on any atom is -0.480 e. The number of carboxylic acids is 1. The predicted octanol–water partition coefficient (Wildman–Crippen LogP) is 1.60. The van der Waals surface area contributed by atoms with Crippen molar-refractivity contribution in [3.63, 3.8) is 0 Å². The van der Waals surface area contributed by atoms with E-state index in [4.69, 9.17) is 9.84 Å². The molecule has 1 aromatic rings. The van der Waals surface area contributed by atoms with Crippen LogP contribution in [0.1, 0.15) is 25.5 Å². The van der Waals surface area contributed by atoms with Crippen molar-refractivity contribution in [1.29, 1.82) is 0 Å². The van der Waals surface area contributed by atoms with Gasteiger partial charge in [-0.25, -0.2) is 9.59 Å². The lowest BCUT2D eigenvalue weighted by Gasteiger charge is -2.14. The molecule has 1 rings (SSSR count). The number of unbranched alkanes of at least 4 members (excludes halogenated alkanes) is 1. The number of hydrogen-bond acceptors (Lipinski definition) is 4. The number of carboxylic acid groups (broad SMARTS) is 1. The van der Waals surface area contributed by atoms with E-state index in [1.807, 2.05) is 6.92 Å². The zero-order chi connectivity index (χ0) is 14.1. The summed E-state index contributed by atoms with van der Waals surface area (Å²) in [5, 5.41) is 11.4. The molecule has 0 bridgehead atoms. The number of ether oxygens (including phenoxy) is 1. The average molecular weight is 266 g/mol. The molecule has 0 aromatic carbocycles. The first-order chi connectivity index (χ1) is 9.13. The molecule has 1 aromatic heterocycles. The summed E-state index contributed by atoms with van der Waals surface area (Å²) in [4.78, 5) is 26.5. The number of aromatic nitrogens is 1. The molecule has 0 saturated carbocycles. The Hall–Kier alpha value is -2.11. The summed E-state index contributed by atoms with van der Waals surface area (Å²) >= 11 is 0. The number of carbonyl (C=O) groups is 2. The van der Waals surface area contributed by atoms with Crippen molar-refractivity contribution >= 4 is 12.1 Å². The quantitative estimate of drug-likeness (QED) is 0.732. The van der Waals surface area contributed by atoms with Crippen LogP contribution < -0.4 is 5.32 Å². The van der Waals surface area contributed by atoms with Crippen LogP contribution >= 0.6 is 0 Å². The fourth-order valence-electron chi connectivity index (χ4n) is 1.42. The second-order valence-electron chi connectivity index (χ2n) is 4.05. The van der Waals surface area contributed by atoms with Crippen molar-refractivity contribution in [3.8, 4) is 0 Å². The molecular weight excluding hydrogens is 248 g/mol. The Morgan fingerprint density at radius 2 is 2.26 bits per heavy atom. The van der Waals surface area contributed by atoms with Gasteiger partial charge in [0, 0.05) is 18.3 Å². The van der Waals surface area contributed by atoms with Crippen molar-refractivity contribution in [3.05, 3.63) is 30.1 Å². The fraction of sp³-hybridized carbons (Fsp3) is 0.462. The topological polar surface area (TPSA) is 88.5 Å². The van der Waals surface area contributed by atoms with Gasteiger partial charge in [-0.05, 0) is 18.6 Å². The zero-order valence-corrected chi connectivity index (χ0v) is 10.8. The number of alkyl carbamates (subject to hydrolysis) is 1. The molecule has 0 aliphatic carbocycles. The summed E-state index contributed by atoms with van der Waals surface area (Å²) in [7, 11) is 0. The number of carbonyl (C=O) groups excluding carboxylic acids is 1. The number of pyridine rings is 1. The van der Waals surface area contributed by atoms with Crippen molar-refractivity contribution in [2.75, 3.05) is 6.61 Å². The molecule has 0 spiro atoms. The van der Waals surface area contributed by atoms with Gasteiger partial charge in [0.05, 0.1) is 6.61 Å². The molecule has 0 aliphatic rings. The van der Waals surface area contributed by atoms with E-state index in [0.717, 1.165) is 12.8 Å². The van der Waals surface area contributed by atoms with Crippen LogP contribution in [0.25, 0.3) is 0 Å². The highest BCUT2D eigenvalue weighted by Gasteiger charge is 2.21. The number of nitrogens with zero attached hydrogens (tertiary/aromatic N) is 1. The first kappa shape index (κ1) is 14.9. The molecule has 1 atom stereocenters. The van der Waals surface area contributed by atoms with E-state index in [1.54, 1.807) is 24.4 Å². The Morgan fingerprint density at radius 3 is 2.84 bits per heavy atom. The van der Waals surface area contributed by atoms with Crippen molar-refractivity contribution in [1.82, 2.24) is 10.3 Å². The highest BCUT2D eigenvalue weighted by atomic mass is 16.5. The van der Waals surface area contributed by atoms with Gasteiger partial charge in [-0.1, -0.05) is 19.4 Å². The predicted molar refractivity (Wildman–Crippen MR) is 68.8 cm³/mol. The van der Waals surface area contributed by atoms with E-state index in [0.29, 0.717) is 5.69 Å². The number of hydrogen-bond donors (Lipinski definition) is 2. The standard InChI is InChI=1S/C13H18N2O4/c1-2-3-8-19-13(18)15-11(12(16)17)9-10-6-4-5-7-14-10/h4-7,11H,2-3,8-9H2,1H3,(H,15,18)(H,16,17). The number of rotatable bonds is 7. The molecule has 0 radical (unpaired) electrons. The van der Waals surface area contributed by atoms with E-state index in [1.165, 1.54) is 0 Å².